The molecule has 0 amide bonds. The summed E-state index contributed by atoms with van der Waals surface area (Å²) in [7, 11) is 0. The number of nitrogens with zero attached hydrogens (tertiary/aromatic N) is 1. The van der Waals surface area contributed by atoms with Crippen LogP contribution in [0.4, 0.5) is 0 Å². The normalized spacial score (nSPS) is 13.6. The molecule has 52 valence electrons. The largest absolute Gasteiger partial charge is 0.403 e. The summed E-state index contributed by atoms with van der Waals surface area (Å²) in [6, 6.07) is 0. The van der Waals surface area contributed by atoms with Gasteiger partial charge >= 0.3 is 0 Å². The maximum absolute atomic E-state index is 5.09. The zero-order valence-electron chi connectivity index (χ0n) is 6.26. The molecule has 2 heteroatoms. The lowest BCUT2D eigenvalue weighted by atomic mass is 10.1. The Morgan fingerprint density at radius 2 is 2.11 bits per heavy atom. The van der Waals surface area contributed by atoms with Gasteiger partial charge in [0.15, 0.2) is 0 Å². The van der Waals surface area contributed by atoms with Gasteiger partial charge in [-0.3, -0.25) is 4.99 Å². The lowest BCUT2D eigenvalue weighted by Gasteiger charge is -1.99. The Labute approximate surface area is 56.5 Å². The molecular weight excluding hydrogens is 112 g/mol. The number of rotatable bonds is 2. The highest BCUT2D eigenvalue weighted by Crippen LogP contribution is 1.95. The minimum Gasteiger partial charge on any atom is -0.403 e. The third-order valence-electron chi connectivity index (χ3n) is 1.20. The van der Waals surface area contributed by atoms with Gasteiger partial charge in [0.25, 0.3) is 0 Å². The van der Waals surface area contributed by atoms with Crippen LogP contribution in [0, 0.1) is 5.92 Å². The van der Waals surface area contributed by atoms with E-state index in [-0.39, 0.29) is 0 Å². The lowest BCUT2D eigenvalue weighted by Crippen LogP contribution is -2.00. The Kier molecular flexibility index (Phi) is 3.76. The van der Waals surface area contributed by atoms with Crippen LogP contribution in [0.2, 0.25) is 0 Å². The van der Waals surface area contributed by atoms with E-state index in [0.29, 0.717) is 5.92 Å². The van der Waals surface area contributed by atoms with Crippen molar-refractivity contribution in [3.05, 3.63) is 12.4 Å². The van der Waals surface area contributed by atoms with Gasteiger partial charge in [-0.05, 0) is 12.8 Å². The van der Waals surface area contributed by atoms with Gasteiger partial charge < -0.3 is 5.73 Å². The summed E-state index contributed by atoms with van der Waals surface area (Å²) >= 11 is 0. The van der Waals surface area contributed by atoms with E-state index < -0.39 is 0 Å². The van der Waals surface area contributed by atoms with Crippen molar-refractivity contribution < 1.29 is 0 Å². The quantitative estimate of drug-likeness (QED) is 0.560. The third-order valence-corrected chi connectivity index (χ3v) is 1.20. The first-order chi connectivity index (χ1) is 4.18. The average Bonchev–Trinajstić information content (AvgIpc) is 1.82. The van der Waals surface area contributed by atoms with Crippen LogP contribution in [0.15, 0.2) is 17.4 Å². The van der Waals surface area contributed by atoms with Gasteiger partial charge in [0.2, 0.25) is 0 Å². The molecule has 0 saturated heterocycles. The maximum Gasteiger partial charge on any atom is 0.0422 e. The molecule has 0 aromatic rings. The van der Waals surface area contributed by atoms with Gasteiger partial charge in [-0.1, -0.05) is 13.8 Å². The molecule has 0 aliphatic carbocycles. The van der Waals surface area contributed by atoms with Crippen molar-refractivity contribution in [2.24, 2.45) is 16.6 Å². The minimum atomic E-state index is 0.515. The summed E-state index contributed by atoms with van der Waals surface area (Å²) in [5.74, 6) is 0.515. The first-order valence-electron chi connectivity index (χ1n) is 3.09. The lowest BCUT2D eigenvalue weighted by molar-refractivity contribution is 0.878. The molecule has 0 spiro atoms. The summed E-state index contributed by atoms with van der Waals surface area (Å²) in [5.41, 5.74) is 6.20. The van der Waals surface area contributed by atoms with Crippen molar-refractivity contribution in [1.29, 1.82) is 0 Å². The molecule has 0 unspecified atom stereocenters. The van der Waals surface area contributed by atoms with E-state index in [4.69, 9.17) is 5.73 Å². The van der Waals surface area contributed by atoms with Crippen molar-refractivity contribution in [2.75, 3.05) is 0 Å². The average molecular weight is 126 g/mol. The van der Waals surface area contributed by atoms with Gasteiger partial charge in [-0.15, -0.1) is 0 Å². The van der Waals surface area contributed by atoms with Crippen LogP contribution in [-0.2, 0) is 0 Å². The molecule has 0 aliphatic rings. The Bertz CT molecular complexity index is 123. The fourth-order valence-corrected chi connectivity index (χ4v) is 0.310. The number of hydrogen-bond donors (Lipinski definition) is 1. The van der Waals surface area contributed by atoms with Crippen LogP contribution in [0.3, 0.4) is 0 Å². The van der Waals surface area contributed by atoms with E-state index in [2.05, 4.69) is 18.8 Å². The van der Waals surface area contributed by atoms with Gasteiger partial charge in [-0.2, -0.15) is 0 Å². The van der Waals surface area contributed by atoms with E-state index in [0.717, 1.165) is 5.71 Å². The fourth-order valence-electron chi connectivity index (χ4n) is 0.310. The van der Waals surface area contributed by atoms with E-state index in [9.17, 15) is 0 Å². The van der Waals surface area contributed by atoms with Crippen molar-refractivity contribution in [3.8, 4) is 0 Å². The topological polar surface area (TPSA) is 38.4 Å². The van der Waals surface area contributed by atoms with Crippen LogP contribution in [0.25, 0.3) is 0 Å². The predicted molar refractivity (Wildman–Crippen MR) is 41.3 cm³/mol. The second-order valence-electron chi connectivity index (χ2n) is 2.27. The van der Waals surface area contributed by atoms with Gasteiger partial charge in [0.05, 0.1) is 0 Å². The molecule has 0 aromatic heterocycles. The van der Waals surface area contributed by atoms with E-state index in [1.54, 1.807) is 6.20 Å². The molecule has 2 nitrogen and oxygen atoms in total. The van der Waals surface area contributed by atoms with Crippen LogP contribution < -0.4 is 5.73 Å². The molecule has 0 bridgehead atoms. The second-order valence-corrected chi connectivity index (χ2v) is 2.27. The van der Waals surface area contributed by atoms with E-state index >= 15 is 0 Å². The molecule has 0 heterocycles. The van der Waals surface area contributed by atoms with Gasteiger partial charge in [0.1, 0.15) is 0 Å². The maximum atomic E-state index is 5.09. The zero-order chi connectivity index (χ0) is 7.28. The zero-order valence-corrected chi connectivity index (χ0v) is 6.26. The highest BCUT2D eigenvalue weighted by molar-refractivity contribution is 5.84. The standard InChI is InChI=1S/C7H14N2/c1-6(2)7(3)9-5-4-8/h4-6H,8H2,1-3H3. The van der Waals surface area contributed by atoms with Crippen molar-refractivity contribution in [2.45, 2.75) is 20.8 Å². The number of aliphatic imine (C=N–C) groups is 1. The first-order valence-corrected chi connectivity index (χ1v) is 3.09. The number of nitrogens with two attached hydrogens (primary N) is 1. The van der Waals surface area contributed by atoms with Crippen molar-refractivity contribution in [1.82, 2.24) is 0 Å². The third kappa shape index (κ3) is 3.76. The molecule has 0 saturated carbocycles. The van der Waals surface area contributed by atoms with Crippen LogP contribution >= 0.6 is 0 Å². The summed E-state index contributed by atoms with van der Waals surface area (Å²) < 4.78 is 0. The Morgan fingerprint density at radius 1 is 1.56 bits per heavy atom. The predicted octanol–water partition coefficient (Wildman–Crippen LogP) is 1.53. The molecule has 0 atom stereocenters. The molecular formula is C7H14N2. The van der Waals surface area contributed by atoms with Gasteiger partial charge in [-0.25, -0.2) is 0 Å². The highest BCUT2D eigenvalue weighted by atomic mass is 14.7. The summed E-state index contributed by atoms with van der Waals surface area (Å²) in [5, 5.41) is 0. The van der Waals surface area contributed by atoms with E-state index in [1.807, 2.05) is 6.92 Å². The molecule has 0 radical (unpaired) electrons. The Morgan fingerprint density at radius 3 is 2.44 bits per heavy atom. The second kappa shape index (κ2) is 4.13. The molecule has 0 fully saturated rings. The monoisotopic (exact) mass is 126 g/mol. The van der Waals surface area contributed by atoms with Crippen LogP contribution in [0.5, 0.6) is 0 Å². The SMILES string of the molecule is CC(=NC=CN)C(C)C. The molecule has 0 rings (SSSR count). The van der Waals surface area contributed by atoms with E-state index in [1.165, 1.54) is 6.20 Å². The Hall–Kier alpha value is -0.790. The molecule has 0 aliphatic heterocycles. The summed E-state index contributed by atoms with van der Waals surface area (Å²) in [6.45, 7) is 6.19. The number of hydrogen-bond acceptors (Lipinski definition) is 2. The Balaban J connectivity index is 3.84. The minimum absolute atomic E-state index is 0.515. The summed E-state index contributed by atoms with van der Waals surface area (Å²) in [6.07, 6.45) is 3.04. The molecule has 9 heavy (non-hydrogen) atoms. The van der Waals surface area contributed by atoms with Crippen LogP contribution in [0.1, 0.15) is 20.8 Å². The van der Waals surface area contributed by atoms with Gasteiger partial charge in [0, 0.05) is 18.1 Å². The summed E-state index contributed by atoms with van der Waals surface area (Å²) in [4.78, 5) is 4.05. The molecule has 0 aromatic carbocycles. The van der Waals surface area contributed by atoms with Crippen LogP contribution in [-0.4, -0.2) is 5.71 Å². The fraction of sp³-hybridized carbons (Fsp3) is 0.571. The highest BCUT2D eigenvalue weighted by Gasteiger charge is 1.93. The first kappa shape index (κ1) is 8.21. The van der Waals surface area contributed by atoms with Crippen molar-refractivity contribution in [3.63, 3.8) is 0 Å². The van der Waals surface area contributed by atoms with Crippen molar-refractivity contribution >= 4 is 5.71 Å². The molecule has 2 N–H and O–H groups in total. The smallest absolute Gasteiger partial charge is 0.0422 e.